The largest absolute Gasteiger partial charge is 0.416 e. The number of β-amino-alcohol motifs (C(OH)–C–C–N with tert-alkyl or cyclic N) is 1. The van der Waals surface area contributed by atoms with Gasteiger partial charge in [-0.05, 0) is 12.1 Å². The number of hydrogen-bond acceptors (Lipinski definition) is 6. The summed E-state index contributed by atoms with van der Waals surface area (Å²) in [5.74, 6) is -0.0222. The molecule has 1 aliphatic rings. The van der Waals surface area contributed by atoms with E-state index in [0.29, 0.717) is 10.9 Å². The molecule has 0 spiro atoms. The lowest BCUT2D eigenvalue weighted by Crippen LogP contribution is -2.44. The number of benzene rings is 2. The van der Waals surface area contributed by atoms with Crippen molar-refractivity contribution in [2.24, 2.45) is 0 Å². The molecular weight excluding hydrogens is 390 g/mol. The molecular formula is C21H19N3O4S. The Hall–Kier alpha value is -3.23. The van der Waals surface area contributed by atoms with Crippen LogP contribution in [0.5, 0.6) is 5.75 Å². The number of likely N-dealkylation sites (tertiary alicyclic amines) is 1. The molecule has 0 saturated carbocycles. The van der Waals surface area contributed by atoms with E-state index in [1.807, 2.05) is 41.8 Å². The normalized spacial score (nSPS) is 18.4. The minimum Gasteiger partial charge on any atom is -0.410 e. The van der Waals surface area contributed by atoms with Crippen LogP contribution < -0.4 is 10.1 Å². The summed E-state index contributed by atoms with van der Waals surface area (Å²) in [6.07, 6.45) is -1.31. The van der Waals surface area contributed by atoms with Crippen LogP contribution in [0.4, 0.5) is 9.93 Å². The third-order valence-corrected chi connectivity index (χ3v) is 5.33. The molecule has 1 saturated heterocycles. The minimum atomic E-state index is -0.828. The van der Waals surface area contributed by atoms with Crippen molar-refractivity contribution in [1.29, 1.82) is 0 Å². The lowest BCUT2D eigenvalue weighted by molar-refractivity contribution is -0.119. The third kappa shape index (κ3) is 4.44. The van der Waals surface area contributed by atoms with Crippen LogP contribution in [0, 0.1) is 0 Å². The first-order valence-electron chi connectivity index (χ1n) is 9.13. The first-order chi connectivity index (χ1) is 14.1. The van der Waals surface area contributed by atoms with E-state index < -0.39 is 24.1 Å². The first kappa shape index (κ1) is 19.1. The molecule has 0 bridgehead atoms. The molecule has 2 atom stereocenters. The van der Waals surface area contributed by atoms with Crippen molar-refractivity contribution in [3.8, 4) is 17.0 Å². The van der Waals surface area contributed by atoms with Gasteiger partial charge in [0.05, 0.1) is 18.3 Å². The average molecular weight is 409 g/mol. The van der Waals surface area contributed by atoms with E-state index in [0.717, 1.165) is 11.3 Å². The zero-order valence-corrected chi connectivity index (χ0v) is 16.2. The molecule has 2 heterocycles. The number of nitrogens with one attached hydrogen (secondary N) is 1. The number of para-hydroxylation sites is 1. The van der Waals surface area contributed by atoms with Crippen LogP contribution in [0.15, 0.2) is 66.0 Å². The number of anilines is 1. The van der Waals surface area contributed by atoms with Gasteiger partial charge in [0, 0.05) is 17.4 Å². The number of hydrogen-bond donors (Lipinski definition) is 2. The predicted molar refractivity (Wildman–Crippen MR) is 110 cm³/mol. The van der Waals surface area contributed by atoms with Crippen molar-refractivity contribution in [1.82, 2.24) is 9.88 Å². The standard InChI is InChI=1S/C21H19N3O4S/c25-15-11-18(24(12-15)21(27)28-16-9-5-2-6-10-16)19(26)23-20-22-17(13-29-20)14-7-3-1-4-8-14/h1-10,13,15,18,25H,11-12H2,(H,22,23,26)/t15-,18+/m1/s1. The summed E-state index contributed by atoms with van der Waals surface area (Å²) in [6.45, 7) is 0.0386. The number of nitrogens with zero attached hydrogens (tertiary/aromatic N) is 2. The highest BCUT2D eigenvalue weighted by Crippen LogP contribution is 2.26. The van der Waals surface area contributed by atoms with Gasteiger partial charge in [-0.25, -0.2) is 9.78 Å². The Morgan fingerprint density at radius 3 is 2.52 bits per heavy atom. The second kappa shape index (κ2) is 8.42. The molecule has 1 aromatic heterocycles. The first-order valence-corrected chi connectivity index (χ1v) is 10.0. The molecule has 0 radical (unpaired) electrons. The Kier molecular flexibility index (Phi) is 5.55. The van der Waals surface area contributed by atoms with Gasteiger partial charge in [-0.1, -0.05) is 48.5 Å². The second-order valence-corrected chi connectivity index (χ2v) is 7.49. The van der Waals surface area contributed by atoms with Crippen molar-refractivity contribution in [2.75, 3.05) is 11.9 Å². The lowest BCUT2D eigenvalue weighted by atomic mass is 10.2. The topological polar surface area (TPSA) is 91.8 Å². The maximum Gasteiger partial charge on any atom is 0.416 e. The number of carbonyl (C=O) groups is 2. The van der Waals surface area contributed by atoms with Crippen LogP contribution in [0.3, 0.4) is 0 Å². The summed E-state index contributed by atoms with van der Waals surface area (Å²) in [7, 11) is 0. The summed E-state index contributed by atoms with van der Waals surface area (Å²) in [5.41, 5.74) is 1.71. The highest BCUT2D eigenvalue weighted by molar-refractivity contribution is 7.14. The van der Waals surface area contributed by atoms with Crippen LogP contribution >= 0.6 is 11.3 Å². The van der Waals surface area contributed by atoms with Gasteiger partial charge < -0.3 is 15.2 Å². The van der Waals surface area contributed by atoms with Crippen LogP contribution in [0.2, 0.25) is 0 Å². The molecule has 2 N–H and O–H groups in total. The van der Waals surface area contributed by atoms with Crippen molar-refractivity contribution in [2.45, 2.75) is 18.6 Å². The van der Waals surface area contributed by atoms with Gasteiger partial charge >= 0.3 is 6.09 Å². The number of aliphatic hydroxyl groups is 1. The number of carbonyl (C=O) groups excluding carboxylic acids is 2. The third-order valence-electron chi connectivity index (χ3n) is 4.57. The molecule has 4 rings (SSSR count). The number of aliphatic hydroxyl groups excluding tert-OH is 1. The van der Waals surface area contributed by atoms with E-state index in [1.165, 1.54) is 16.2 Å². The zero-order chi connectivity index (χ0) is 20.2. The SMILES string of the molecule is O=C(Nc1nc(-c2ccccc2)cs1)[C@@H]1C[C@@H](O)CN1C(=O)Oc1ccccc1. The van der Waals surface area contributed by atoms with Crippen LogP contribution in [0.25, 0.3) is 11.3 Å². The smallest absolute Gasteiger partial charge is 0.410 e. The van der Waals surface area contributed by atoms with Gasteiger partial charge in [0.1, 0.15) is 11.8 Å². The highest BCUT2D eigenvalue weighted by atomic mass is 32.1. The van der Waals surface area contributed by atoms with Crippen molar-refractivity contribution < 1.29 is 19.4 Å². The summed E-state index contributed by atoms with van der Waals surface area (Å²) in [6, 6.07) is 17.4. The quantitative estimate of drug-likeness (QED) is 0.689. The van der Waals surface area contributed by atoms with Crippen molar-refractivity contribution in [3.05, 3.63) is 66.0 Å². The Balaban J connectivity index is 1.44. The minimum absolute atomic E-state index is 0.0386. The van der Waals surface area contributed by atoms with E-state index in [-0.39, 0.29) is 13.0 Å². The van der Waals surface area contributed by atoms with Gasteiger partial charge in [-0.15, -0.1) is 11.3 Å². The van der Waals surface area contributed by atoms with E-state index in [4.69, 9.17) is 4.74 Å². The Morgan fingerprint density at radius 2 is 1.79 bits per heavy atom. The fourth-order valence-corrected chi connectivity index (χ4v) is 3.90. The molecule has 7 nitrogen and oxygen atoms in total. The van der Waals surface area contributed by atoms with Crippen molar-refractivity contribution in [3.63, 3.8) is 0 Å². The monoisotopic (exact) mass is 409 g/mol. The second-order valence-electron chi connectivity index (χ2n) is 6.63. The number of amides is 2. The maximum atomic E-state index is 12.8. The molecule has 1 fully saturated rings. The fourth-order valence-electron chi connectivity index (χ4n) is 3.17. The van der Waals surface area contributed by atoms with Gasteiger partial charge in [-0.3, -0.25) is 9.69 Å². The Bertz CT molecular complexity index is 993. The van der Waals surface area contributed by atoms with Crippen LogP contribution in [-0.4, -0.2) is 45.7 Å². The maximum absolute atomic E-state index is 12.8. The Labute approximate surface area is 171 Å². The summed E-state index contributed by atoms with van der Waals surface area (Å²) in [4.78, 5) is 31.0. The number of thiazole rings is 1. The zero-order valence-electron chi connectivity index (χ0n) is 15.4. The van der Waals surface area contributed by atoms with Gasteiger partial charge in [-0.2, -0.15) is 0 Å². The van der Waals surface area contributed by atoms with Crippen LogP contribution in [-0.2, 0) is 4.79 Å². The molecule has 0 unspecified atom stereocenters. The molecule has 8 heteroatoms. The van der Waals surface area contributed by atoms with E-state index in [2.05, 4.69) is 10.3 Å². The predicted octanol–water partition coefficient (Wildman–Crippen LogP) is 3.38. The number of ether oxygens (including phenoxy) is 1. The van der Waals surface area contributed by atoms with Crippen LogP contribution in [0.1, 0.15) is 6.42 Å². The molecule has 148 valence electrons. The van der Waals surface area contributed by atoms with E-state index >= 15 is 0 Å². The van der Waals surface area contributed by atoms with E-state index in [1.54, 1.807) is 24.3 Å². The molecule has 0 aliphatic carbocycles. The van der Waals surface area contributed by atoms with Gasteiger partial charge in [0.25, 0.3) is 0 Å². The molecule has 29 heavy (non-hydrogen) atoms. The van der Waals surface area contributed by atoms with E-state index in [9.17, 15) is 14.7 Å². The molecule has 3 aromatic rings. The van der Waals surface area contributed by atoms with Crippen molar-refractivity contribution >= 4 is 28.5 Å². The number of rotatable bonds is 4. The number of aromatic nitrogens is 1. The Morgan fingerprint density at radius 1 is 1.10 bits per heavy atom. The summed E-state index contributed by atoms with van der Waals surface area (Å²) >= 11 is 1.30. The molecule has 2 amide bonds. The average Bonchev–Trinajstić information content (AvgIpc) is 3.36. The fraction of sp³-hybridized carbons (Fsp3) is 0.190. The summed E-state index contributed by atoms with van der Waals surface area (Å²) < 4.78 is 5.32. The summed E-state index contributed by atoms with van der Waals surface area (Å²) in [5, 5.41) is 15.1. The van der Waals surface area contributed by atoms with Gasteiger partial charge in [0.15, 0.2) is 5.13 Å². The lowest BCUT2D eigenvalue weighted by Gasteiger charge is -2.22. The molecule has 1 aliphatic heterocycles. The van der Waals surface area contributed by atoms with Gasteiger partial charge in [0.2, 0.25) is 5.91 Å². The molecule has 2 aromatic carbocycles. The highest BCUT2D eigenvalue weighted by Gasteiger charge is 2.40.